The highest BCUT2D eigenvalue weighted by Gasteiger charge is 2.20. The van der Waals surface area contributed by atoms with Crippen molar-refractivity contribution in [3.05, 3.63) is 54.2 Å². The maximum atomic E-state index is 12.3. The Morgan fingerprint density at radius 1 is 1.12 bits per heavy atom. The Balaban J connectivity index is 1.31. The van der Waals surface area contributed by atoms with Crippen LogP contribution in [0.1, 0.15) is 29.0 Å². The van der Waals surface area contributed by atoms with Crippen LogP contribution in [0.15, 0.2) is 47.3 Å². The number of nitrogens with zero attached hydrogens (tertiary/aromatic N) is 3. The van der Waals surface area contributed by atoms with Gasteiger partial charge in [0.05, 0.1) is 6.26 Å². The second-order valence-corrected chi connectivity index (χ2v) is 6.35. The van der Waals surface area contributed by atoms with Gasteiger partial charge in [-0.15, -0.1) is 0 Å². The van der Waals surface area contributed by atoms with Gasteiger partial charge in [-0.05, 0) is 36.2 Å². The highest BCUT2D eigenvalue weighted by Crippen LogP contribution is 2.09. The summed E-state index contributed by atoms with van der Waals surface area (Å²) < 4.78 is 5.03. The van der Waals surface area contributed by atoms with Gasteiger partial charge in [0, 0.05) is 58.1 Å². The molecule has 3 heterocycles. The molecule has 7 nitrogen and oxygen atoms in total. The van der Waals surface area contributed by atoms with Crippen LogP contribution in [-0.2, 0) is 11.3 Å². The quantitative estimate of drug-likeness (QED) is 0.761. The molecule has 2 amide bonds. The Morgan fingerprint density at radius 2 is 1.88 bits per heavy atom. The average Bonchev–Trinajstić information content (AvgIpc) is 3.21. The third-order valence-corrected chi connectivity index (χ3v) is 4.48. The molecule has 2 aromatic heterocycles. The van der Waals surface area contributed by atoms with Gasteiger partial charge in [-0.2, -0.15) is 0 Å². The molecule has 138 valence electrons. The number of furan rings is 1. The average molecular weight is 356 g/mol. The first-order valence-corrected chi connectivity index (χ1v) is 8.93. The number of rotatable bonds is 7. The monoisotopic (exact) mass is 356 g/mol. The first kappa shape index (κ1) is 18.1. The van der Waals surface area contributed by atoms with Gasteiger partial charge in [0.2, 0.25) is 5.91 Å². The molecule has 3 rings (SSSR count). The van der Waals surface area contributed by atoms with Gasteiger partial charge in [0.25, 0.3) is 5.91 Å². The summed E-state index contributed by atoms with van der Waals surface area (Å²) in [6, 6.07) is 7.34. The Kier molecular flexibility index (Phi) is 6.38. The van der Waals surface area contributed by atoms with Gasteiger partial charge in [0.15, 0.2) is 5.76 Å². The summed E-state index contributed by atoms with van der Waals surface area (Å²) in [4.78, 5) is 32.3. The highest BCUT2D eigenvalue weighted by atomic mass is 16.3. The van der Waals surface area contributed by atoms with Crippen LogP contribution in [0.25, 0.3) is 0 Å². The first-order chi connectivity index (χ1) is 12.7. The van der Waals surface area contributed by atoms with Crippen LogP contribution >= 0.6 is 0 Å². The minimum atomic E-state index is -0.243. The van der Waals surface area contributed by atoms with Crippen LogP contribution < -0.4 is 5.32 Å². The Morgan fingerprint density at radius 3 is 2.58 bits per heavy atom. The van der Waals surface area contributed by atoms with Gasteiger partial charge < -0.3 is 14.6 Å². The van der Waals surface area contributed by atoms with Crippen LogP contribution in [0.2, 0.25) is 0 Å². The highest BCUT2D eigenvalue weighted by molar-refractivity contribution is 5.91. The Hall–Kier alpha value is -2.67. The predicted molar refractivity (Wildman–Crippen MR) is 96.4 cm³/mol. The number of nitrogens with one attached hydrogen (secondary N) is 1. The third-order valence-electron chi connectivity index (χ3n) is 4.48. The van der Waals surface area contributed by atoms with Crippen LogP contribution in [0.5, 0.6) is 0 Å². The molecule has 0 radical (unpaired) electrons. The number of hydrogen-bond acceptors (Lipinski definition) is 5. The third kappa shape index (κ3) is 5.16. The lowest BCUT2D eigenvalue weighted by atomic mass is 10.2. The van der Waals surface area contributed by atoms with Crippen molar-refractivity contribution in [2.24, 2.45) is 0 Å². The van der Waals surface area contributed by atoms with Crippen molar-refractivity contribution in [3.63, 3.8) is 0 Å². The molecule has 1 aliphatic rings. The van der Waals surface area contributed by atoms with E-state index in [0.29, 0.717) is 25.1 Å². The van der Waals surface area contributed by atoms with Gasteiger partial charge in [-0.3, -0.25) is 19.5 Å². The molecular formula is C19H24N4O3. The summed E-state index contributed by atoms with van der Waals surface area (Å²) in [7, 11) is 0. The topological polar surface area (TPSA) is 78.7 Å². The standard InChI is InChI=1S/C19H24N4O3/c24-18(4-1-7-21-19(25)17-3-2-14-26-17)23-12-10-22(11-13-23)15-16-5-8-20-9-6-16/h2-3,5-6,8-9,14H,1,4,7,10-13,15H2,(H,21,25). The second kappa shape index (κ2) is 9.15. The lowest BCUT2D eigenvalue weighted by molar-refractivity contribution is -0.133. The maximum Gasteiger partial charge on any atom is 0.286 e. The summed E-state index contributed by atoms with van der Waals surface area (Å²) in [5.41, 5.74) is 1.24. The van der Waals surface area contributed by atoms with Crippen LogP contribution in [0, 0.1) is 0 Å². The SMILES string of the molecule is O=C(NCCCC(=O)N1CCN(Cc2ccncc2)CC1)c1ccco1. The summed E-state index contributed by atoms with van der Waals surface area (Å²) in [6.07, 6.45) is 6.15. The fourth-order valence-corrected chi connectivity index (χ4v) is 3.00. The fraction of sp³-hybridized carbons (Fsp3) is 0.421. The molecule has 1 aliphatic heterocycles. The summed E-state index contributed by atoms with van der Waals surface area (Å²) in [5, 5.41) is 2.76. The fourth-order valence-electron chi connectivity index (χ4n) is 3.00. The Bertz CT molecular complexity index is 695. The molecule has 0 spiro atoms. The molecule has 1 N–H and O–H groups in total. The van der Waals surface area contributed by atoms with Crippen molar-refractivity contribution in [3.8, 4) is 0 Å². The summed E-state index contributed by atoms with van der Waals surface area (Å²) in [6.45, 7) is 4.62. The van der Waals surface area contributed by atoms with Crippen LogP contribution in [0.4, 0.5) is 0 Å². The van der Waals surface area contributed by atoms with E-state index in [0.717, 1.165) is 32.7 Å². The van der Waals surface area contributed by atoms with E-state index in [9.17, 15) is 9.59 Å². The van der Waals surface area contributed by atoms with E-state index < -0.39 is 0 Å². The number of aromatic nitrogens is 1. The van der Waals surface area contributed by atoms with Gasteiger partial charge >= 0.3 is 0 Å². The first-order valence-electron chi connectivity index (χ1n) is 8.93. The van der Waals surface area contributed by atoms with Crippen molar-refractivity contribution < 1.29 is 14.0 Å². The molecule has 0 aromatic carbocycles. The molecule has 1 fully saturated rings. The van der Waals surface area contributed by atoms with Gasteiger partial charge in [-0.25, -0.2) is 0 Å². The summed E-state index contributed by atoms with van der Waals surface area (Å²) in [5.74, 6) is 0.203. The molecule has 26 heavy (non-hydrogen) atoms. The van der Waals surface area contributed by atoms with Crippen molar-refractivity contribution in [2.45, 2.75) is 19.4 Å². The van der Waals surface area contributed by atoms with E-state index in [1.54, 1.807) is 24.5 Å². The van der Waals surface area contributed by atoms with E-state index in [1.807, 2.05) is 17.0 Å². The second-order valence-electron chi connectivity index (χ2n) is 6.35. The molecule has 2 aromatic rings. The Labute approximate surface area is 153 Å². The molecule has 0 saturated carbocycles. The molecule has 0 atom stereocenters. The minimum Gasteiger partial charge on any atom is -0.459 e. The smallest absolute Gasteiger partial charge is 0.286 e. The molecule has 7 heteroatoms. The van der Waals surface area contributed by atoms with E-state index in [1.165, 1.54) is 11.8 Å². The summed E-state index contributed by atoms with van der Waals surface area (Å²) >= 11 is 0. The number of hydrogen-bond donors (Lipinski definition) is 1. The number of pyridine rings is 1. The lowest BCUT2D eigenvalue weighted by Crippen LogP contribution is -2.48. The molecular weight excluding hydrogens is 332 g/mol. The van der Waals surface area contributed by atoms with E-state index >= 15 is 0 Å². The van der Waals surface area contributed by atoms with E-state index in [4.69, 9.17) is 4.42 Å². The van der Waals surface area contributed by atoms with Crippen molar-refractivity contribution >= 4 is 11.8 Å². The zero-order valence-electron chi connectivity index (χ0n) is 14.8. The maximum absolute atomic E-state index is 12.3. The molecule has 0 aliphatic carbocycles. The lowest BCUT2D eigenvalue weighted by Gasteiger charge is -2.34. The normalized spacial score (nSPS) is 15.0. The number of piperazine rings is 1. The zero-order valence-corrected chi connectivity index (χ0v) is 14.8. The van der Waals surface area contributed by atoms with E-state index in [2.05, 4.69) is 15.2 Å². The van der Waals surface area contributed by atoms with Crippen molar-refractivity contribution in [1.29, 1.82) is 0 Å². The minimum absolute atomic E-state index is 0.154. The predicted octanol–water partition coefficient (Wildman–Crippen LogP) is 1.53. The van der Waals surface area contributed by atoms with Crippen LogP contribution in [-0.4, -0.2) is 59.3 Å². The molecule has 0 bridgehead atoms. The molecule has 0 unspecified atom stereocenters. The molecule has 1 saturated heterocycles. The van der Waals surface area contributed by atoms with Crippen LogP contribution in [0.3, 0.4) is 0 Å². The number of amides is 2. The van der Waals surface area contributed by atoms with Crippen molar-refractivity contribution in [1.82, 2.24) is 20.1 Å². The van der Waals surface area contributed by atoms with Gasteiger partial charge in [0.1, 0.15) is 0 Å². The van der Waals surface area contributed by atoms with E-state index in [-0.39, 0.29) is 11.8 Å². The zero-order chi connectivity index (χ0) is 18.2. The van der Waals surface area contributed by atoms with Crippen molar-refractivity contribution in [2.75, 3.05) is 32.7 Å². The number of carbonyl (C=O) groups is 2. The largest absolute Gasteiger partial charge is 0.459 e. The number of carbonyl (C=O) groups excluding carboxylic acids is 2. The van der Waals surface area contributed by atoms with Gasteiger partial charge in [-0.1, -0.05) is 0 Å².